The summed E-state index contributed by atoms with van der Waals surface area (Å²) >= 11 is 0. The van der Waals surface area contributed by atoms with Gasteiger partial charge in [-0.05, 0) is 177 Å². The SMILES string of the molecule is c1ccc(-c2cc(-c3ccccc3)c(N(c3cc(-c4ccc5c(c4)c4cccc6c7ccccc7n5c64)cc(N(c4cccc(-n5c6ccccc6c6ccccc65)c4)c4c(-c5ccccc5)cc(-c5ccccc5)cc4-c4ccccc4)c3)c3cccc(-n4c5ccccc5c5ccccc54)c3)c(-c3ccccc3)c2)cc1. The van der Waals surface area contributed by atoms with Gasteiger partial charge in [0, 0.05) is 99.5 Å². The molecular weight excluding hydrogens is 1370 g/mol. The maximum absolute atomic E-state index is 2.59. The summed E-state index contributed by atoms with van der Waals surface area (Å²) in [6.07, 6.45) is 0. The van der Waals surface area contributed by atoms with Gasteiger partial charge in [0.1, 0.15) is 0 Å². The maximum atomic E-state index is 2.59. The van der Waals surface area contributed by atoms with Crippen molar-refractivity contribution in [2.24, 2.45) is 0 Å². The van der Waals surface area contributed by atoms with E-state index >= 15 is 0 Å². The molecule has 0 saturated carbocycles. The summed E-state index contributed by atoms with van der Waals surface area (Å²) < 4.78 is 7.40. The molecule has 4 aromatic heterocycles. The molecule has 0 amide bonds. The largest absolute Gasteiger partial charge is 0.309 e. The molecule has 18 aromatic carbocycles. The quantitative estimate of drug-likeness (QED) is 0.102. The lowest BCUT2D eigenvalue weighted by molar-refractivity contribution is 1.17. The molecule has 0 atom stereocenters. The highest BCUT2D eigenvalue weighted by molar-refractivity contribution is 6.24. The van der Waals surface area contributed by atoms with Gasteiger partial charge in [0.2, 0.25) is 0 Å². The van der Waals surface area contributed by atoms with Crippen LogP contribution in [-0.2, 0) is 0 Å². The zero-order valence-corrected chi connectivity index (χ0v) is 61.7. The number of aromatic nitrogens is 3. The van der Waals surface area contributed by atoms with Gasteiger partial charge in [0.05, 0.1) is 50.0 Å². The number of nitrogens with zero attached hydrogens (tertiary/aromatic N) is 5. The van der Waals surface area contributed by atoms with Crippen LogP contribution in [0.5, 0.6) is 0 Å². The Bertz CT molecular complexity index is 6830. The van der Waals surface area contributed by atoms with Gasteiger partial charge in [-0.2, -0.15) is 0 Å². The predicted octanol–water partition coefficient (Wildman–Crippen LogP) is 29.6. The molecule has 22 aromatic rings. The van der Waals surface area contributed by atoms with Crippen LogP contribution in [0.4, 0.5) is 34.1 Å². The van der Waals surface area contributed by atoms with Gasteiger partial charge in [-0.3, -0.25) is 0 Å². The monoisotopic (exact) mass is 1440 g/mol. The zero-order chi connectivity index (χ0) is 74.5. The second-order valence-corrected chi connectivity index (χ2v) is 29.5. The normalized spacial score (nSPS) is 11.7. The number of hydrogen-bond donors (Lipinski definition) is 0. The van der Waals surface area contributed by atoms with Crippen LogP contribution in [0.1, 0.15) is 0 Å². The number of hydrogen-bond acceptors (Lipinski definition) is 2. The Morgan fingerprint density at radius 1 is 0.159 bits per heavy atom. The number of anilines is 6. The lowest BCUT2D eigenvalue weighted by atomic mass is 9.89. The van der Waals surface area contributed by atoms with E-state index in [4.69, 9.17) is 0 Å². The van der Waals surface area contributed by atoms with Gasteiger partial charge in [0.15, 0.2) is 0 Å². The summed E-state index contributed by atoms with van der Waals surface area (Å²) in [5.74, 6) is 0. The third-order valence-corrected chi connectivity index (χ3v) is 23.0. The van der Waals surface area contributed by atoms with E-state index in [-0.39, 0.29) is 0 Å². The fraction of sp³-hybridized carbons (Fsp3) is 0. The molecule has 22 rings (SSSR count). The molecule has 0 aliphatic carbocycles. The smallest absolute Gasteiger partial charge is 0.0620 e. The van der Waals surface area contributed by atoms with E-state index in [2.05, 4.69) is 454 Å². The molecule has 0 aliphatic heterocycles. The Morgan fingerprint density at radius 2 is 0.451 bits per heavy atom. The fourth-order valence-corrected chi connectivity index (χ4v) is 18.1. The molecule has 5 nitrogen and oxygen atoms in total. The average Bonchev–Trinajstić information content (AvgIpc) is 1.57. The van der Waals surface area contributed by atoms with Gasteiger partial charge in [0.25, 0.3) is 0 Å². The van der Waals surface area contributed by atoms with Crippen molar-refractivity contribution in [1.82, 2.24) is 13.5 Å². The Labute approximate surface area is 654 Å². The minimum absolute atomic E-state index is 0.950. The molecule has 0 aliphatic rings. The third kappa shape index (κ3) is 10.9. The van der Waals surface area contributed by atoms with Crippen LogP contribution < -0.4 is 9.80 Å². The minimum Gasteiger partial charge on any atom is -0.309 e. The van der Waals surface area contributed by atoms with Crippen molar-refractivity contribution in [2.45, 2.75) is 0 Å². The van der Waals surface area contributed by atoms with Crippen molar-refractivity contribution < 1.29 is 0 Å². The molecule has 5 heteroatoms. The van der Waals surface area contributed by atoms with E-state index in [1.54, 1.807) is 0 Å². The Hall–Kier alpha value is -15.0. The van der Waals surface area contributed by atoms with E-state index in [1.165, 1.54) is 59.6 Å². The number of para-hydroxylation sites is 6. The third-order valence-electron chi connectivity index (χ3n) is 23.0. The first-order chi connectivity index (χ1) is 56.1. The molecule has 0 fully saturated rings. The van der Waals surface area contributed by atoms with Crippen LogP contribution in [0.3, 0.4) is 0 Å². The van der Waals surface area contributed by atoms with Crippen molar-refractivity contribution in [3.8, 4) is 89.3 Å². The van der Waals surface area contributed by atoms with Crippen molar-refractivity contribution in [3.63, 3.8) is 0 Å². The molecule has 0 radical (unpaired) electrons. The van der Waals surface area contributed by atoms with Gasteiger partial charge in [-0.15, -0.1) is 0 Å². The molecule has 528 valence electrons. The second kappa shape index (κ2) is 27.0. The Morgan fingerprint density at radius 3 is 0.832 bits per heavy atom. The van der Waals surface area contributed by atoms with Crippen molar-refractivity contribution in [3.05, 3.63) is 431 Å². The van der Waals surface area contributed by atoms with Crippen LogP contribution in [0.2, 0.25) is 0 Å². The van der Waals surface area contributed by atoms with Crippen LogP contribution in [-0.4, -0.2) is 13.5 Å². The number of benzene rings is 18. The number of fused-ring (bicyclic) bond motifs is 12. The average molecular weight is 1440 g/mol. The lowest BCUT2D eigenvalue weighted by Gasteiger charge is -2.35. The van der Waals surface area contributed by atoms with Crippen LogP contribution in [0, 0.1) is 0 Å². The predicted molar refractivity (Wildman–Crippen MR) is 477 cm³/mol. The molecule has 0 bridgehead atoms. The summed E-state index contributed by atoms with van der Waals surface area (Å²) in [4.78, 5) is 5.19. The second-order valence-electron chi connectivity index (χ2n) is 29.5. The lowest BCUT2D eigenvalue weighted by Crippen LogP contribution is -2.17. The van der Waals surface area contributed by atoms with Gasteiger partial charge < -0.3 is 23.3 Å². The minimum atomic E-state index is 0.950. The molecule has 0 saturated heterocycles. The topological polar surface area (TPSA) is 20.8 Å². The van der Waals surface area contributed by atoms with E-state index in [0.29, 0.717) is 0 Å². The molecular formula is C108H71N5. The van der Waals surface area contributed by atoms with Gasteiger partial charge >= 0.3 is 0 Å². The van der Waals surface area contributed by atoms with E-state index < -0.39 is 0 Å². The summed E-state index contributed by atoms with van der Waals surface area (Å²) in [7, 11) is 0. The highest BCUT2D eigenvalue weighted by atomic mass is 15.2. The zero-order valence-electron chi connectivity index (χ0n) is 61.7. The van der Waals surface area contributed by atoms with Crippen LogP contribution >= 0.6 is 0 Å². The van der Waals surface area contributed by atoms with Crippen LogP contribution in [0.15, 0.2) is 431 Å². The molecule has 0 N–H and O–H groups in total. The van der Waals surface area contributed by atoms with Crippen molar-refractivity contribution in [2.75, 3.05) is 9.80 Å². The first-order valence-corrected chi connectivity index (χ1v) is 38.9. The summed E-state index contributed by atoms with van der Waals surface area (Å²) in [5.41, 5.74) is 31.4. The molecule has 0 spiro atoms. The Balaban J connectivity index is 0.908. The standard InChI is InChI=1S/C108H71N5/c1-7-32-72(33-8-1)80-65-95(74-36-11-3-12-37-74)107(96(66-80)75-38-13-4-14-39-75)109(82-44-29-46-84(69-82)111-100-55-24-19-48-88(100)89-49-20-25-56-101(89)111)86-62-79(78-60-61-105-99(64-78)94-54-31-53-93-92-52-23-28-59-104(92)113(105)106(93)94)63-87(71-86)110(83-45-30-47-85(70-83)112-102-57-26-21-50-90(102)91-51-22-27-58-103(91)112)108-97(76-40-15-5-16-41-76)67-81(73-34-9-2-10-35-73)68-98(108)77-42-17-6-18-43-77/h1-71H. The highest BCUT2D eigenvalue weighted by Gasteiger charge is 2.31. The maximum Gasteiger partial charge on any atom is 0.0620 e. The summed E-state index contributed by atoms with van der Waals surface area (Å²) in [6.45, 7) is 0. The first-order valence-electron chi connectivity index (χ1n) is 38.9. The Kier molecular flexibility index (Phi) is 15.5. The highest BCUT2D eigenvalue weighted by Crippen LogP contribution is 2.55. The van der Waals surface area contributed by atoms with E-state index in [0.717, 1.165) is 145 Å². The van der Waals surface area contributed by atoms with Crippen LogP contribution in [0.25, 0.3) is 171 Å². The molecule has 113 heavy (non-hydrogen) atoms. The van der Waals surface area contributed by atoms with E-state index in [9.17, 15) is 0 Å². The molecule has 0 unspecified atom stereocenters. The first kappa shape index (κ1) is 65.1. The number of rotatable bonds is 15. The summed E-state index contributed by atoms with van der Waals surface area (Å²) in [5, 5.41) is 9.72. The van der Waals surface area contributed by atoms with Gasteiger partial charge in [-0.25, -0.2) is 0 Å². The van der Waals surface area contributed by atoms with E-state index in [1.807, 2.05) is 0 Å². The van der Waals surface area contributed by atoms with Crippen molar-refractivity contribution in [1.29, 1.82) is 0 Å². The fourth-order valence-electron chi connectivity index (χ4n) is 18.1. The molecule has 4 heterocycles. The van der Waals surface area contributed by atoms with Gasteiger partial charge in [-0.1, -0.05) is 309 Å². The van der Waals surface area contributed by atoms with Crippen molar-refractivity contribution >= 4 is 116 Å². The summed E-state index contributed by atoms with van der Waals surface area (Å²) in [6, 6.07) is 160.